The molecule has 0 radical (unpaired) electrons. The Morgan fingerprint density at radius 3 is 2.47 bits per heavy atom. The summed E-state index contributed by atoms with van der Waals surface area (Å²) in [6.45, 7) is 4.33. The second-order valence-electron chi connectivity index (χ2n) is 6.52. The van der Waals surface area contributed by atoms with Gasteiger partial charge in [0.05, 0.1) is 17.1 Å². The van der Waals surface area contributed by atoms with E-state index in [4.69, 9.17) is 13.9 Å². The molecule has 0 spiro atoms. The molecule has 0 bridgehead atoms. The highest BCUT2D eigenvalue weighted by Crippen LogP contribution is 2.25. The molecule has 0 amide bonds. The standard InChI is InChI=1S/C21H21N3O6/c1-3-4-13-28-18-11-7-16(8-12-18)21(25)29-14(2)19-22-23-20(30-19)15-5-9-17(10-6-15)24(26)27/h5-12,14H,3-4,13H2,1-2H3/t14-/m0/s1. The van der Waals surface area contributed by atoms with E-state index < -0.39 is 17.0 Å². The minimum Gasteiger partial charge on any atom is -0.494 e. The molecule has 3 rings (SSSR count). The van der Waals surface area contributed by atoms with Crippen LogP contribution in [-0.2, 0) is 4.74 Å². The third kappa shape index (κ3) is 5.19. The Morgan fingerprint density at radius 1 is 1.13 bits per heavy atom. The number of hydrogen-bond acceptors (Lipinski definition) is 8. The lowest BCUT2D eigenvalue weighted by atomic mass is 10.2. The van der Waals surface area contributed by atoms with Crippen molar-refractivity contribution in [1.29, 1.82) is 0 Å². The summed E-state index contributed by atoms with van der Waals surface area (Å²) in [5.41, 5.74) is 0.860. The number of carbonyl (C=O) groups excluding carboxylic acids is 1. The van der Waals surface area contributed by atoms with Gasteiger partial charge in [0.2, 0.25) is 5.89 Å². The van der Waals surface area contributed by atoms with Crippen molar-refractivity contribution in [3.8, 4) is 17.2 Å². The zero-order valence-corrected chi connectivity index (χ0v) is 16.6. The lowest BCUT2D eigenvalue weighted by Gasteiger charge is -2.10. The van der Waals surface area contributed by atoms with E-state index in [9.17, 15) is 14.9 Å². The van der Waals surface area contributed by atoms with Crippen LogP contribution in [0.25, 0.3) is 11.5 Å². The highest BCUT2D eigenvalue weighted by molar-refractivity contribution is 5.89. The van der Waals surface area contributed by atoms with Crippen molar-refractivity contribution in [2.45, 2.75) is 32.8 Å². The number of unbranched alkanes of at least 4 members (excludes halogenated alkanes) is 1. The van der Waals surface area contributed by atoms with Gasteiger partial charge in [0.1, 0.15) is 5.75 Å². The van der Waals surface area contributed by atoms with Crippen molar-refractivity contribution in [1.82, 2.24) is 10.2 Å². The van der Waals surface area contributed by atoms with E-state index >= 15 is 0 Å². The van der Waals surface area contributed by atoms with E-state index in [0.717, 1.165) is 12.8 Å². The molecule has 0 fully saturated rings. The minimum absolute atomic E-state index is 0.0393. The van der Waals surface area contributed by atoms with Gasteiger partial charge < -0.3 is 13.9 Å². The maximum absolute atomic E-state index is 12.4. The fourth-order valence-electron chi connectivity index (χ4n) is 2.54. The first kappa shape index (κ1) is 21.0. The Hall–Kier alpha value is -3.75. The van der Waals surface area contributed by atoms with Crippen LogP contribution in [0.1, 0.15) is 49.0 Å². The van der Waals surface area contributed by atoms with Crippen LogP contribution in [0.3, 0.4) is 0 Å². The van der Waals surface area contributed by atoms with Gasteiger partial charge in [-0.1, -0.05) is 13.3 Å². The summed E-state index contributed by atoms with van der Waals surface area (Å²) in [5.74, 6) is 0.461. The topological polar surface area (TPSA) is 118 Å². The van der Waals surface area contributed by atoms with Gasteiger partial charge in [-0.3, -0.25) is 10.1 Å². The molecule has 3 aromatic rings. The Morgan fingerprint density at radius 2 is 1.83 bits per heavy atom. The van der Waals surface area contributed by atoms with Crippen molar-refractivity contribution in [3.63, 3.8) is 0 Å². The fraction of sp³-hybridized carbons (Fsp3) is 0.286. The van der Waals surface area contributed by atoms with Crippen LogP contribution in [0.2, 0.25) is 0 Å². The maximum Gasteiger partial charge on any atom is 0.338 e. The zero-order valence-electron chi connectivity index (χ0n) is 16.6. The number of rotatable bonds is 9. The number of nitrogens with zero attached hydrogens (tertiary/aromatic N) is 3. The average Bonchev–Trinajstić information content (AvgIpc) is 3.25. The Bertz CT molecular complexity index is 998. The molecule has 0 N–H and O–H groups in total. The van der Waals surface area contributed by atoms with Crippen LogP contribution < -0.4 is 4.74 Å². The molecule has 0 saturated carbocycles. The third-order valence-corrected chi connectivity index (χ3v) is 4.25. The van der Waals surface area contributed by atoms with Gasteiger partial charge in [-0.25, -0.2) is 4.79 Å². The van der Waals surface area contributed by atoms with Crippen LogP contribution in [0.5, 0.6) is 5.75 Å². The smallest absolute Gasteiger partial charge is 0.338 e. The lowest BCUT2D eigenvalue weighted by molar-refractivity contribution is -0.384. The Labute approximate surface area is 172 Å². The van der Waals surface area contributed by atoms with Crippen molar-refractivity contribution in [2.75, 3.05) is 6.61 Å². The minimum atomic E-state index is -0.766. The first-order valence-corrected chi connectivity index (χ1v) is 9.50. The van der Waals surface area contributed by atoms with Crippen LogP contribution in [-0.4, -0.2) is 27.7 Å². The normalized spacial score (nSPS) is 11.7. The van der Waals surface area contributed by atoms with E-state index in [1.54, 1.807) is 31.2 Å². The molecule has 156 valence electrons. The van der Waals surface area contributed by atoms with E-state index in [2.05, 4.69) is 17.1 Å². The highest BCUT2D eigenvalue weighted by Gasteiger charge is 2.20. The summed E-state index contributed by atoms with van der Waals surface area (Å²) >= 11 is 0. The number of ether oxygens (including phenoxy) is 2. The van der Waals surface area contributed by atoms with Crippen molar-refractivity contribution < 1.29 is 23.6 Å². The maximum atomic E-state index is 12.4. The molecule has 2 aromatic carbocycles. The molecule has 0 aliphatic carbocycles. The number of aromatic nitrogens is 2. The number of nitro groups is 1. The highest BCUT2D eigenvalue weighted by atomic mass is 16.6. The van der Waals surface area contributed by atoms with Gasteiger partial charge in [0.25, 0.3) is 11.6 Å². The molecule has 1 atom stereocenters. The largest absolute Gasteiger partial charge is 0.494 e. The molecule has 0 saturated heterocycles. The van der Waals surface area contributed by atoms with Crippen LogP contribution in [0.15, 0.2) is 52.9 Å². The molecule has 1 heterocycles. The molecular weight excluding hydrogens is 390 g/mol. The number of carbonyl (C=O) groups is 1. The van der Waals surface area contributed by atoms with Crippen molar-refractivity contribution >= 4 is 11.7 Å². The SMILES string of the molecule is CCCCOc1ccc(C(=O)O[C@@H](C)c2nnc(-c3ccc([N+](=O)[O-])cc3)o2)cc1. The number of hydrogen-bond donors (Lipinski definition) is 0. The summed E-state index contributed by atoms with van der Waals surface area (Å²) in [4.78, 5) is 22.6. The molecule has 30 heavy (non-hydrogen) atoms. The summed E-state index contributed by atoms with van der Waals surface area (Å²) < 4.78 is 16.5. The van der Waals surface area contributed by atoms with Crippen LogP contribution in [0.4, 0.5) is 5.69 Å². The predicted octanol–water partition coefficient (Wildman–Crippen LogP) is 4.74. The van der Waals surface area contributed by atoms with E-state index in [1.165, 1.54) is 24.3 Å². The second kappa shape index (κ2) is 9.64. The molecule has 9 heteroatoms. The third-order valence-electron chi connectivity index (χ3n) is 4.25. The first-order valence-electron chi connectivity index (χ1n) is 9.50. The van der Waals surface area contributed by atoms with Crippen molar-refractivity contribution in [3.05, 3.63) is 70.1 Å². The molecule has 9 nitrogen and oxygen atoms in total. The van der Waals surface area contributed by atoms with Gasteiger partial charge in [-0.15, -0.1) is 10.2 Å². The molecule has 1 aromatic heterocycles. The Balaban J connectivity index is 1.61. The summed E-state index contributed by atoms with van der Waals surface area (Å²) in [7, 11) is 0. The van der Waals surface area contributed by atoms with E-state index in [1.807, 2.05) is 0 Å². The number of non-ortho nitro benzene ring substituents is 1. The van der Waals surface area contributed by atoms with Crippen LogP contribution in [0, 0.1) is 10.1 Å². The van der Waals surface area contributed by atoms with E-state index in [0.29, 0.717) is 23.5 Å². The van der Waals surface area contributed by atoms with Gasteiger partial charge in [0, 0.05) is 17.7 Å². The summed E-state index contributed by atoms with van der Waals surface area (Å²) in [5, 5.41) is 18.6. The zero-order chi connectivity index (χ0) is 21.5. The summed E-state index contributed by atoms with van der Waals surface area (Å²) in [6, 6.07) is 12.4. The number of esters is 1. The van der Waals surface area contributed by atoms with Gasteiger partial charge in [0.15, 0.2) is 6.10 Å². The van der Waals surface area contributed by atoms with Crippen molar-refractivity contribution in [2.24, 2.45) is 0 Å². The van der Waals surface area contributed by atoms with Gasteiger partial charge >= 0.3 is 5.97 Å². The average molecular weight is 411 g/mol. The fourth-order valence-corrected chi connectivity index (χ4v) is 2.54. The number of nitro benzene ring substituents is 1. The molecule has 0 aliphatic heterocycles. The molecular formula is C21H21N3O6. The quantitative estimate of drug-likeness (QED) is 0.214. The Kier molecular flexibility index (Phi) is 6.74. The van der Waals surface area contributed by atoms with Crippen LogP contribution >= 0.6 is 0 Å². The van der Waals surface area contributed by atoms with Gasteiger partial charge in [-0.2, -0.15) is 0 Å². The first-order chi connectivity index (χ1) is 14.5. The summed E-state index contributed by atoms with van der Waals surface area (Å²) in [6.07, 6.45) is 1.24. The monoisotopic (exact) mass is 411 g/mol. The predicted molar refractivity (Wildman–Crippen MR) is 107 cm³/mol. The van der Waals surface area contributed by atoms with E-state index in [-0.39, 0.29) is 17.5 Å². The molecule has 0 aliphatic rings. The number of benzene rings is 2. The lowest BCUT2D eigenvalue weighted by Crippen LogP contribution is -2.09. The second-order valence-corrected chi connectivity index (χ2v) is 6.52. The molecule has 0 unspecified atom stereocenters. The van der Waals surface area contributed by atoms with Gasteiger partial charge in [-0.05, 0) is 49.7 Å².